The Labute approximate surface area is 193 Å². The molecule has 0 atom stereocenters. The van der Waals surface area contributed by atoms with Crippen molar-refractivity contribution in [2.45, 2.75) is 19.3 Å². The highest BCUT2D eigenvalue weighted by Gasteiger charge is 2.31. The molecule has 0 aliphatic heterocycles. The van der Waals surface area contributed by atoms with E-state index in [0.717, 1.165) is 16.7 Å². The minimum atomic E-state index is -4.63. The Morgan fingerprint density at radius 1 is 1.12 bits per heavy atom. The van der Waals surface area contributed by atoms with Crippen LogP contribution < -0.4 is 10.9 Å². The van der Waals surface area contributed by atoms with Crippen molar-refractivity contribution >= 4 is 28.7 Å². The van der Waals surface area contributed by atoms with Gasteiger partial charge in [-0.1, -0.05) is 11.6 Å². The van der Waals surface area contributed by atoms with Crippen LogP contribution in [0.5, 0.6) is 0 Å². The number of rotatable bonds is 5. The molecule has 7 nitrogen and oxygen atoms in total. The molecule has 4 aromatic rings. The Balaban J connectivity index is 1.66. The number of carbonyl (C=O) groups excluding carboxylic acids is 1. The lowest BCUT2D eigenvalue weighted by Crippen LogP contribution is -2.28. The molecule has 0 fully saturated rings. The van der Waals surface area contributed by atoms with Crippen LogP contribution in [0.15, 0.2) is 59.7 Å². The molecule has 2 aromatic carbocycles. The number of amides is 1. The summed E-state index contributed by atoms with van der Waals surface area (Å²) in [5, 5.41) is 16.3. The van der Waals surface area contributed by atoms with Gasteiger partial charge in [-0.3, -0.25) is 9.59 Å². The first kappa shape index (κ1) is 23.5. The summed E-state index contributed by atoms with van der Waals surface area (Å²) in [5.74, 6) is -1.26. The second-order valence-corrected chi connectivity index (χ2v) is 7.66. The summed E-state index contributed by atoms with van der Waals surface area (Å²) in [4.78, 5) is 25.5. The van der Waals surface area contributed by atoms with Crippen molar-refractivity contribution in [3.8, 4) is 11.3 Å². The summed E-state index contributed by atoms with van der Waals surface area (Å²) < 4.78 is 54.4. The van der Waals surface area contributed by atoms with Crippen molar-refractivity contribution in [3.63, 3.8) is 0 Å². The van der Waals surface area contributed by atoms with Crippen LogP contribution in [0.3, 0.4) is 0 Å². The number of nitrogens with one attached hydrogen (secondary N) is 1. The molecule has 2 aromatic heterocycles. The fourth-order valence-corrected chi connectivity index (χ4v) is 3.57. The van der Waals surface area contributed by atoms with E-state index < -0.39 is 42.2 Å². The van der Waals surface area contributed by atoms with Crippen LogP contribution >= 0.6 is 11.6 Å². The first-order valence-corrected chi connectivity index (χ1v) is 10.1. The van der Waals surface area contributed by atoms with E-state index in [9.17, 15) is 32.3 Å². The van der Waals surface area contributed by atoms with Crippen LogP contribution in [0.4, 0.5) is 23.2 Å². The number of aromatic nitrogens is 3. The third-order valence-electron chi connectivity index (χ3n) is 5.02. The van der Waals surface area contributed by atoms with Crippen molar-refractivity contribution < 1.29 is 27.5 Å². The van der Waals surface area contributed by atoms with Gasteiger partial charge < -0.3 is 15.0 Å². The fraction of sp³-hybridized carbons (Fsp3) is 0.136. The van der Waals surface area contributed by atoms with Crippen LogP contribution in [-0.2, 0) is 24.1 Å². The molecule has 0 saturated carbocycles. The summed E-state index contributed by atoms with van der Waals surface area (Å²) in [5.41, 5.74) is -1.02. The van der Waals surface area contributed by atoms with Gasteiger partial charge in [-0.2, -0.15) is 18.3 Å². The van der Waals surface area contributed by atoms with E-state index in [1.807, 2.05) is 0 Å². The summed E-state index contributed by atoms with van der Waals surface area (Å²) in [6.45, 7) is -1.09. The topological polar surface area (TPSA) is 88.6 Å². The molecular weight excluding hydrogens is 480 g/mol. The molecule has 0 radical (unpaired) electrons. The molecule has 0 saturated heterocycles. The van der Waals surface area contributed by atoms with Gasteiger partial charge >= 0.3 is 6.18 Å². The van der Waals surface area contributed by atoms with Crippen LogP contribution in [0.25, 0.3) is 16.8 Å². The van der Waals surface area contributed by atoms with Crippen LogP contribution in [-0.4, -0.2) is 25.2 Å². The number of carbonyl (C=O) groups is 1. The highest BCUT2D eigenvalue weighted by Crippen LogP contribution is 2.33. The summed E-state index contributed by atoms with van der Waals surface area (Å²) in [7, 11) is 0. The lowest BCUT2D eigenvalue weighted by Gasteiger charge is -2.12. The quantitative estimate of drug-likeness (QED) is 0.409. The number of benzene rings is 2. The molecule has 0 bridgehead atoms. The van der Waals surface area contributed by atoms with Crippen LogP contribution in [0.2, 0.25) is 5.02 Å². The Bertz CT molecular complexity index is 1450. The van der Waals surface area contributed by atoms with Crippen molar-refractivity contribution in [2.75, 3.05) is 5.32 Å². The largest absolute Gasteiger partial charge is 0.416 e. The average molecular weight is 495 g/mol. The number of hydrogen-bond donors (Lipinski definition) is 2. The smallest absolute Gasteiger partial charge is 0.392 e. The molecule has 176 valence electrons. The molecule has 1 amide bonds. The zero-order chi connectivity index (χ0) is 24.6. The number of hydrogen-bond acceptors (Lipinski definition) is 4. The van der Waals surface area contributed by atoms with E-state index in [1.165, 1.54) is 41.2 Å². The Kier molecular flexibility index (Phi) is 6.15. The van der Waals surface area contributed by atoms with Gasteiger partial charge in [0.2, 0.25) is 5.91 Å². The summed E-state index contributed by atoms with van der Waals surface area (Å²) >= 11 is 5.90. The van der Waals surface area contributed by atoms with E-state index in [2.05, 4.69) is 10.4 Å². The standard InChI is InChI=1S/C22H15ClF4N4O3/c23-16-6-3-13(22(25,26)27)9-17(16)28-18(33)10-30-7-8-31-20(21(30)34)15(11-32)19(29-31)12-1-4-14(24)5-2-12/h1-9,32H,10-11H2,(H,28,33). The summed E-state index contributed by atoms with van der Waals surface area (Å²) in [6.07, 6.45) is -1.98. The van der Waals surface area contributed by atoms with Crippen molar-refractivity contribution in [1.29, 1.82) is 0 Å². The lowest BCUT2D eigenvalue weighted by atomic mass is 10.1. The van der Waals surface area contributed by atoms with Crippen molar-refractivity contribution in [3.05, 3.63) is 87.2 Å². The highest BCUT2D eigenvalue weighted by molar-refractivity contribution is 6.33. The molecule has 2 N–H and O–H groups in total. The lowest BCUT2D eigenvalue weighted by molar-refractivity contribution is -0.137. The second kappa shape index (κ2) is 8.92. The van der Waals surface area contributed by atoms with E-state index in [4.69, 9.17) is 11.6 Å². The van der Waals surface area contributed by atoms with Gasteiger partial charge in [0.15, 0.2) is 0 Å². The first-order valence-electron chi connectivity index (χ1n) is 9.72. The van der Waals surface area contributed by atoms with Gasteiger partial charge in [-0.05, 0) is 42.5 Å². The third-order valence-corrected chi connectivity index (χ3v) is 5.35. The maximum atomic E-state index is 13.3. The number of aliphatic hydroxyl groups is 1. The fourth-order valence-electron chi connectivity index (χ4n) is 3.41. The molecule has 0 aliphatic rings. The molecule has 0 spiro atoms. The van der Waals surface area contributed by atoms with Gasteiger partial charge in [0, 0.05) is 23.5 Å². The number of halogens is 5. The van der Waals surface area contributed by atoms with E-state index in [0.29, 0.717) is 11.6 Å². The summed E-state index contributed by atoms with van der Waals surface area (Å²) in [6, 6.07) is 7.80. The van der Waals surface area contributed by atoms with E-state index >= 15 is 0 Å². The van der Waals surface area contributed by atoms with E-state index in [-0.39, 0.29) is 27.5 Å². The number of fused-ring (bicyclic) bond motifs is 1. The van der Waals surface area contributed by atoms with Gasteiger partial charge in [-0.25, -0.2) is 8.91 Å². The number of anilines is 1. The molecule has 0 unspecified atom stereocenters. The molecule has 2 heterocycles. The highest BCUT2D eigenvalue weighted by atomic mass is 35.5. The zero-order valence-corrected chi connectivity index (χ0v) is 17.9. The second-order valence-electron chi connectivity index (χ2n) is 7.26. The normalized spacial score (nSPS) is 11.7. The number of alkyl halides is 3. The van der Waals surface area contributed by atoms with Crippen LogP contribution in [0.1, 0.15) is 11.1 Å². The molecule has 4 rings (SSSR count). The maximum Gasteiger partial charge on any atom is 0.416 e. The van der Waals surface area contributed by atoms with Crippen molar-refractivity contribution in [1.82, 2.24) is 14.2 Å². The van der Waals surface area contributed by atoms with Gasteiger partial charge in [0.1, 0.15) is 17.9 Å². The first-order chi connectivity index (χ1) is 16.1. The monoisotopic (exact) mass is 494 g/mol. The SMILES string of the molecule is O=C(Cn1ccn2nc(-c3ccc(F)cc3)c(CO)c2c1=O)Nc1cc(C(F)(F)F)ccc1Cl. The molecule has 12 heteroatoms. The molecule has 34 heavy (non-hydrogen) atoms. The Morgan fingerprint density at radius 3 is 2.47 bits per heavy atom. The van der Waals surface area contributed by atoms with Gasteiger partial charge in [0.05, 0.1) is 28.6 Å². The van der Waals surface area contributed by atoms with E-state index in [1.54, 1.807) is 0 Å². The van der Waals surface area contributed by atoms with Gasteiger partial charge in [-0.15, -0.1) is 0 Å². The van der Waals surface area contributed by atoms with Gasteiger partial charge in [0.25, 0.3) is 5.56 Å². The van der Waals surface area contributed by atoms with Crippen LogP contribution in [0, 0.1) is 5.82 Å². The average Bonchev–Trinajstić information content (AvgIpc) is 3.16. The molecule has 0 aliphatic carbocycles. The zero-order valence-electron chi connectivity index (χ0n) is 17.1. The predicted molar refractivity (Wildman–Crippen MR) is 116 cm³/mol. The van der Waals surface area contributed by atoms with Crippen molar-refractivity contribution in [2.24, 2.45) is 0 Å². The minimum absolute atomic E-state index is 0.00535. The number of nitrogens with zero attached hydrogens (tertiary/aromatic N) is 3. The number of aliphatic hydroxyl groups excluding tert-OH is 1. The third kappa shape index (κ3) is 4.52. The molecular formula is C22H15ClF4N4O3. The minimum Gasteiger partial charge on any atom is -0.392 e. The maximum absolute atomic E-state index is 13.3. The Morgan fingerprint density at radius 2 is 1.82 bits per heavy atom. The Hall–Kier alpha value is -3.70. The predicted octanol–water partition coefficient (Wildman–Crippen LogP) is 4.11.